The van der Waals surface area contributed by atoms with Crippen molar-refractivity contribution in [1.82, 2.24) is 20.3 Å². The number of hydrogen-bond acceptors (Lipinski definition) is 9. The Morgan fingerprint density at radius 2 is 1.82 bits per heavy atom. The van der Waals surface area contributed by atoms with Crippen molar-refractivity contribution in [3.63, 3.8) is 0 Å². The van der Waals surface area contributed by atoms with Gasteiger partial charge in [0.25, 0.3) is 5.91 Å². The Morgan fingerprint density at radius 3 is 2.58 bits per heavy atom. The molecule has 1 aromatic heterocycles. The number of rotatable bonds is 10. The smallest absolute Gasteiger partial charge is 0.306 e. The quantitative estimate of drug-likeness (QED) is 0.301. The second-order valence-corrected chi connectivity index (χ2v) is 7.22. The number of carbonyl (C=O) groups excluding carboxylic acids is 2. The third kappa shape index (κ3) is 7.32. The highest BCUT2D eigenvalue weighted by molar-refractivity contribution is 6.30. The monoisotopic (exact) mass is 470 g/mol. The second kappa shape index (κ2) is 11.6. The summed E-state index contributed by atoms with van der Waals surface area (Å²) < 4.78 is 10.5. The van der Waals surface area contributed by atoms with Gasteiger partial charge in [0.1, 0.15) is 5.75 Å². The van der Waals surface area contributed by atoms with Crippen LogP contribution in [0.1, 0.15) is 29.0 Å². The predicted molar refractivity (Wildman–Crippen MR) is 123 cm³/mol. The molecule has 0 atom stereocenters. The molecule has 0 fully saturated rings. The van der Waals surface area contributed by atoms with Crippen molar-refractivity contribution >= 4 is 41.1 Å². The summed E-state index contributed by atoms with van der Waals surface area (Å²) in [6.45, 7) is 0.158. The van der Waals surface area contributed by atoms with Crippen molar-refractivity contribution in [2.24, 2.45) is 0 Å². The van der Waals surface area contributed by atoms with Crippen LogP contribution in [0.15, 0.2) is 48.5 Å². The number of nitrogens with two attached hydrogens (primary N) is 1. The maximum absolute atomic E-state index is 12.0. The van der Waals surface area contributed by atoms with Gasteiger partial charge < -0.3 is 25.8 Å². The summed E-state index contributed by atoms with van der Waals surface area (Å²) in [5, 5.41) is 6.30. The van der Waals surface area contributed by atoms with Crippen molar-refractivity contribution in [2.45, 2.75) is 19.4 Å². The lowest BCUT2D eigenvalue weighted by atomic mass is 10.2. The summed E-state index contributed by atoms with van der Waals surface area (Å²) in [7, 11) is 1.55. The summed E-state index contributed by atoms with van der Waals surface area (Å²) in [5.41, 5.74) is 6.89. The number of nitrogens with zero attached hydrogens (tertiary/aromatic N) is 3. The Labute approximate surface area is 195 Å². The lowest BCUT2D eigenvalue weighted by molar-refractivity contribution is -0.145. The van der Waals surface area contributed by atoms with E-state index in [-0.39, 0.29) is 36.7 Å². The van der Waals surface area contributed by atoms with Gasteiger partial charge in [0, 0.05) is 23.6 Å². The molecule has 1 amide bonds. The van der Waals surface area contributed by atoms with Gasteiger partial charge in [-0.3, -0.25) is 9.59 Å². The second-order valence-electron chi connectivity index (χ2n) is 6.79. The summed E-state index contributed by atoms with van der Waals surface area (Å²) in [5.74, 6) is 0.294. The van der Waals surface area contributed by atoms with E-state index in [0.717, 1.165) is 0 Å². The van der Waals surface area contributed by atoms with Crippen LogP contribution in [0.4, 0.5) is 17.6 Å². The fourth-order valence-corrected chi connectivity index (χ4v) is 2.91. The Bertz CT molecular complexity index is 1110. The highest BCUT2D eigenvalue weighted by Crippen LogP contribution is 2.25. The standard InChI is InChI=1S/C22H23ClN6O4/c1-32-17-6-3-2-5-16(17)26-22-28-18(27-21(24)29-22)13-33-19(30)7-4-12-25-20(31)14-8-10-15(23)11-9-14/h2-3,5-6,8-11H,4,7,12-13H2,1H3,(H,25,31)(H3,24,26,27,28,29). The molecule has 4 N–H and O–H groups in total. The normalized spacial score (nSPS) is 10.4. The summed E-state index contributed by atoms with van der Waals surface area (Å²) in [6, 6.07) is 13.8. The van der Waals surface area contributed by atoms with Crippen LogP contribution in [-0.2, 0) is 16.1 Å². The SMILES string of the molecule is COc1ccccc1Nc1nc(N)nc(COC(=O)CCCNC(=O)c2ccc(Cl)cc2)n1. The van der Waals surface area contributed by atoms with E-state index >= 15 is 0 Å². The minimum atomic E-state index is -0.450. The third-order valence-corrected chi connectivity index (χ3v) is 4.62. The minimum Gasteiger partial charge on any atom is -0.495 e. The molecule has 0 unspecified atom stereocenters. The molecule has 0 saturated carbocycles. The molecular weight excluding hydrogens is 448 g/mol. The number of para-hydroxylation sites is 2. The van der Waals surface area contributed by atoms with Crippen LogP contribution in [0.3, 0.4) is 0 Å². The number of halogens is 1. The molecule has 0 radical (unpaired) electrons. The van der Waals surface area contributed by atoms with E-state index in [0.29, 0.717) is 35.0 Å². The minimum absolute atomic E-state index is 0.0154. The molecule has 0 bridgehead atoms. The van der Waals surface area contributed by atoms with Crippen molar-refractivity contribution in [3.05, 3.63) is 64.9 Å². The van der Waals surface area contributed by atoms with E-state index in [9.17, 15) is 9.59 Å². The molecule has 33 heavy (non-hydrogen) atoms. The van der Waals surface area contributed by atoms with Gasteiger partial charge in [-0.2, -0.15) is 15.0 Å². The Hall–Kier alpha value is -3.92. The van der Waals surface area contributed by atoms with Gasteiger partial charge >= 0.3 is 5.97 Å². The molecule has 3 aromatic rings. The van der Waals surface area contributed by atoms with E-state index in [4.69, 9.17) is 26.8 Å². The third-order valence-electron chi connectivity index (χ3n) is 4.36. The summed E-state index contributed by atoms with van der Waals surface area (Å²) >= 11 is 5.81. The number of nitrogen functional groups attached to an aromatic ring is 1. The van der Waals surface area contributed by atoms with Crippen LogP contribution < -0.4 is 21.1 Å². The number of anilines is 3. The van der Waals surface area contributed by atoms with Crippen LogP contribution in [0.25, 0.3) is 0 Å². The molecule has 2 aromatic carbocycles. The predicted octanol–water partition coefficient (Wildman–Crippen LogP) is 3.11. The molecule has 0 aliphatic carbocycles. The summed E-state index contributed by atoms with van der Waals surface area (Å²) in [4.78, 5) is 36.3. The van der Waals surface area contributed by atoms with Gasteiger partial charge in [0.15, 0.2) is 12.4 Å². The molecule has 0 aliphatic rings. The van der Waals surface area contributed by atoms with Crippen molar-refractivity contribution in [3.8, 4) is 5.75 Å². The summed E-state index contributed by atoms with van der Waals surface area (Å²) in [6.07, 6.45) is 0.534. The van der Waals surface area contributed by atoms with Crippen LogP contribution in [0.2, 0.25) is 5.02 Å². The number of aromatic nitrogens is 3. The zero-order valence-electron chi connectivity index (χ0n) is 17.9. The zero-order valence-corrected chi connectivity index (χ0v) is 18.6. The molecule has 172 valence electrons. The molecule has 1 heterocycles. The molecule has 0 aliphatic heterocycles. The van der Waals surface area contributed by atoms with Gasteiger partial charge in [0.05, 0.1) is 12.8 Å². The lowest BCUT2D eigenvalue weighted by Gasteiger charge is -2.11. The van der Waals surface area contributed by atoms with E-state index < -0.39 is 5.97 Å². The Kier molecular flexibility index (Phi) is 8.36. The number of carbonyl (C=O) groups is 2. The first kappa shape index (κ1) is 23.7. The number of benzene rings is 2. The molecule has 0 spiro atoms. The van der Waals surface area contributed by atoms with Crippen LogP contribution >= 0.6 is 11.6 Å². The van der Waals surface area contributed by atoms with Crippen LogP contribution in [-0.4, -0.2) is 40.5 Å². The van der Waals surface area contributed by atoms with Gasteiger partial charge in [0.2, 0.25) is 11.9 Å². The van der Waals surface area contributed by atoms with Crippen LogP contribution in [0, 0.1) is 0 Å². The first-order valence-electron chi connectivity index (χ1n) is 10.0. The highest BCUT2D eigenvalue weighted by Gasteiger charge is 2.11. The van der Waals surface area contributed by atoms with E-state index in [1.54, 1.807) is 43.5 Å². The van der Waals surface area contributed by atoms with Crippen molar-refractivity contribution in [1.29, 1.82) is 0 Å². The van der Waals surface area contributed by atoms with E-state index in [2.05, 4.69) is 25.6 Å². The van der Waals surface area contributed by atoms with Gasteiger partial charge in [-0.15, -0.1) is 0 Å². The average Bonchev–Trinajstić information content (AvgIpc) is 2.81. The van der Waals surface area contributed by atoms with Gasteiger partial charge in [-0.1, -0.05) is 23.7 Å². The zero-order chi connectivity index (χ0) is 23.6. The fraction of sp³-hybridized carbons (Fsp3) is 0.227. The molecule has 10 nitrogen and oxygen atoms in total. The van der Waals surface area contributed by atoms with Crippen molar-refractivity contribution < 1.29 is 19.1 Å². The Balaban J connectivity index is 1.45. The first-order chi connectivity index (χ1) is 15.9. The first-order valence-corrected chi connectivity index (χ1v) is 10.4. The number of amides is 1. The van der Waals surface area contributed by atoms with E-state index in [1.807, 2.05) is 12.1 Å². The number of nitrogens with one attached hydrogen (secondary N) is 2. The Morgan fingerprint density at radius 1 is 1.06 bits per heavy atom. The van der Waals surface area contributed by atoms with Gasteiger partial charge in [-0.05, 0) is 42.8 Å². The molecule has 0 saturated heterocycles. The molecule has 11 heteroatoms. The molecule has 3 rings (SSSR count). The number of esters is 1. The topological polar surface area (TPSA) is 141 Å². The maximum atomic E-state index is 12.0. The van der Waals surface area contributed by atoms with Crippen molar-refractivity contribution in [2.75, 3.05) is 24.7 Å². The number of ether oxygens (including phenoxy) is 2. The fourth-order valence-electron chi connectivity index (χ4n) is 2.78. The largest absolute Gasteiger partial charge is 0.495 e. The maximum Gasteiger partial charge on any atom is 0.306 e. The number of methoxy groups -OCH3 is 1. The van der Waals surface area contributed by atoms with E-state index in [1.165, 1.54) is 0 Å². The lowest BCUT2D eigenvalue weighted by Crippen LogP contribution is -2.25. The number of hydrogen-bond donors (Lipinski definition) is 3. The highest BCUT2D eigenvalue weighted by atomic mass is 35.5. The van der Waals surface area contributed by atoms with Gasteiger partial charge in [-0.25, -0.2) is 0 Å². The van der Waals surface area contributed by atoms with Crippen LogP contribution in [0.5, 0.6) is 5.75 Å². The molecular formula is C22H23ClN6O4. The average molecular weight is 471 g/mol.